The van der Waals surface area contributed by atoms with E-state index in [0.29, 0.717) is 28.1 Å². The van der Waals surface area contributed by atoms with E-state index < -0.39 is 0 Å². The van der Waals surface area contributed by atoms with Crippen molar-refractivity contribution in [3.63, 3.8) is 0 Å². The average Bonchev–Trinajstić information content (AvgIpc) is 3.01. The molecular formula is C21H27ClN4O3S. The Morgan fingerprint density at radius 3 is 2.73 bits per heavy atom. The van der Waals surface area contributed by atoms with Crippen LogP contribution in [0, 0.1) is 26.7 Å². The lowest BCUT2D eigenvalue weighted by atomic mass is 9.97. The van der Waals surface area contributed by atoms with Crippen LogP contribution >= 0.6 is 22.9 Å². The molecule has 1 aromatic carbocycles. The molecule has 162 valence electrons. The third kappa shape index (κ3) is 5.50. The summed E-state index contributed by atoms with van der Waals surface area (Å²) < 4.78 is 5.34. The van der Waals surface area contributed by atoms with Gasteiger partial charge < -0.3 is 15.4 Å². The van der Waals surface area contributed by atoms with Crippen molar-refractivity contribution in [2.75, 3.05) is 37.4 Å². The van der Waals surface area contributed by atoms with Crippen LogP contribution in [0.15, 0.2) is 12.1 Å². The zero-order valence-corrected chi connectivity index (χ0v) is 19.2. The van der Waals surface area contributed by atoms with Crippen LogP contribution in [0.2, 0.25) is 5.02 Å². The molecule has 9 heteroatoms. The number of ether oxygens (including phenoxy) is 1. The number of carbonyl (C=O) groups is 2. The highest BCUT2D eigenvalue weighted by atomic mass is 35.5. The molecule has 1 aliphatic heterocycles. The summed E-state index contributed by atoms with van der Waals surface area (Å²) >= 11 is 7.61. The second kappa shape index (κ2) is 9.76. The largest absolute Gasteiger partial charge is 0.495 e. The highest BCUT2D eigenvalue weighted by Gasteiger charge is 2.27. The van der Waals surface area contributed by atoms with E-state index in [2.05, 4.69) is 15.6 Å². The quantitative estimate of drug-likeness (QED) is 0.694. The number of methoxy groups -OCH3 is 1. The first-order valence-electron chi connectivity index (χ1n) is 9.88. The molecule has 1 aromatic heterocycles. The van der Waals surface area contributed by atoms with Gasteiger partial charge in [-0.2, -0.15) is 0 Å². The molecule has 2 heterocycles. The van der Waals surface area contributed by atoms with E-state index >= 15 is 0 Å². The summed E-state index contributed by atoms with van der Waals surface area (Å²) in [6.45, 7) is 7.34. The molecule has 1 aliphatic rings. The number of piperidine rings is 1. The van der Waals surface area contributed by atoms with E-state index in [0.717, 1.165) is 35.5 Å². The highest BCUT2D eigenvalue weighted by molar-refractivity contribution is 7.15. The third-order valence-electron chi connectivity index (χ3n) is 5.26. The molecule has 2 amide bonds. The van der Waals surface area contributed by atoms with Gasteiger partial charge in [0.1, 0.15) is 5.75 Å². The fourth-order valence-corrected chi connectivity index (χ4v) is 4.45. The maximum atomic E-state index is 12.9. The van der Waals surface area contributed by atoms with Gasteiger partial charge in [0.2, 0.25) is 11.8 Å². The Kier molecular flexibility index (Phi) is 7.33. The van der Waals surface area contributed by atoms with Gasteiger partial charge in [-0.05, 0) is 51.8 Å². The maximum Gasteiger partial charge on any atom is 0.240 e. The van der Waals surface area contributed by atoms with Gasteiger partial charge in [0.15, 0.2) is 5.13 Å². The van der Waals surface area contributed by atoms with E-state index in [1.807, 2.05) is 31.7 Å². The Bertz CT molecular complexity index is 927. The standard InChI is InChI=1S/C21H27ClN4O3S/c1-12-8-17(18(29-4)9-16(12)22)24-20(28)15-6-5-7-26(10-15)11-19(27)25-21-23-13(2)14(3)30-21/h8-9,15H,5-7,10-11H2,1-4H3,(H,24,28)(H,23,25,27). The molecule has 0 radical (unpaired) electrons. The summed E-state index contributed by atoms with van der Waals surface area (Å²) in [6, 6.07) is 3.51. The number of carbonyl (C=O) groups excluding carboxylic acids is 2. The van der Waals surface area contributed by atoms with Crippen molar-refractivity contribution in [3.8, 4) is 5.75 Å². The van der Waals surface area contributed by atoms with E-state index in [-0.39, 0.29) is 24.3 Å². The zero-order chi connectivity index (χ0) is 21.8. The number of rotatable bonds is 6. The Morgan fingerprint density at radius 1 is 1.30 bits per heavy atom. The first-order chi connectivity index (χ1) is 14.3. The lowest BCUT2D eigenvalue weighted by Crippen LogP contribution is -2.44. The van der Waals surface area contributed by atoms with Crippen molar-refractivity contribution in [3.05, 3.63) is 33.3 Å². The number of thiazole rings is 1. The predicted octanol–water partition coefficient (Wildman–Crippen LogP) is 4.02. The molecule has 3 rings (SSSR count). The Morgan fingerprint density at radius 2 is 2.07 bits per heavy atom. The van der Waals surface area contributed by atoms with Crippen LogP contribution in [0.3, 0.4) is 0 Å². The molecule has 1 saturated heterocycles. The topological polar surface area (TPSA) is 83.6 Å². The summed E-state index contributed by atoms with van der Waals surface area (Å²) in [5.41, 5.74) is 2.40. The smallest absolute Gasteiger partial charge is 0.240 e. The first-order valence-corrected chi connectivity index (χ1v) is 11.1. The molecule has 7 nitrogen and oxygen atoms in total. The molecule has 1 unspecified atom stereocenters. The molecule has 1 fully saturated rings. The van der Waals surface area contributed by atoms with Crippen LogP contribution in [0.1, 0.15) is 29.0 Å². The van der Waals surface area contributed by atoms with Crippen LogP contribution in [0.5, 0.6) is 5.75 Å². The Hall–Kier alpha value is -2.16. The summed E-state index contributed by atoms with van der Waals surface area (Å²) in [5, 5.41) is 7.03. The van der Waals surface area contributed by atoms with Crippen molar-refractivity contribution in [2.45, 2.75) is 33.6 Å². The fourth-order valence-electron chi connectivity index (χ4n) is 3.47. The lowest BCUT2D eigenvalue weighted by molar-refractivity contribution is -0.123. The third-order valence-corrected chi connectivity index (χ3v) is 6.65. The van der Waals surface area contributed by atoms with Crippen molar-refractivity contribution < 1.29 is 14.3 Å². The Labute approximate surface area is 185 Å². The SMILES string of the molecule is COc1cc(Cl)c(C)cc1NC(=O)C1CCCN(CC(=O)Nc2nc(C)c(C)s2)C1. The highest BCUT2D eigenvalue weighted by Crippen LogP contribution is 2.32. The lowest BCUT2D eigenvalue weighted by Gasteiger charge is -2.31. The summed E-state index contributed by atoms with van der Waals surface area (Å²) in [5.74, 6) is 0.141. The predicted molar refractivity (Wildman–Crippen MR) is 121 cm³/mol. The molecule has 0 bridgehead atoms. The van der Waals surface area contributed by atoms with Gasteiger partial charge in [0.25, 0.3) is 0 Å². The molecule has 0 spiro atoms. The van der Waals surface area contributed by atoms with Crippen LogP contribution in [0.25, 0.3) is 0 Å². The molecule has 2 N–H and O–H groups in total. The van der Waals surface area contributed by atoms with Crippen molar-refractivity contribution in [1.29, 1.82) is 0 Å². The molecule has 2 aromatic rings. The van der Waals surface area contributed by atoms with Gasteiger partial charge in [-0.15, -0.1) is 11.3 Å². The number of nitrogens with one attached hydrogen (secondary N) is 2. The van der Waals surface area contributed by atoms with Gasteiger partial charge in [-0.3, -0.25) is 14.5 Å². The second-order valence-electron chi connectivity index (χ2n) is 7.57. The van der Waals surface area contributed by atoms with E-state index in [9.17, 15) is 9.59 Å². The van der Waals surface area contributed by atoms with Crippen molar-refractivity contribution >= 4 is 45.6 Å². The summed E-state index contributed by atoms with van der Waals surface area (Å²) in [6.07, 6.45) is 1.64. The number of nitrogens with zero attached hydrogens (tertiary/aromatic N) is 2. The van der Waals surface area contributed by atoms with Crippen molar-refractivity contribution in [1.82, 2.24) is 9.88 Å². The average molecular weight is 451 g/mol. The number of aromatic nitrogens is 1. The monoisotopic (exact) mass is 450 g/mol. The minimum absolute atomic E-state index is 0.0775. The number of anilines is 2. The Balaban J connectivity index is 1.58. The number of hydrogen-bond acceptors (Lipinski definition) is 6. The summed E-state index contributed by atoms with van der Waals surface area (Å²) in [4.78, 5) is 32.7. The minimum Gasteiger partial charge on any atom is -0.495 e. The van der Waals surface area contributed by atoms with E-state index in [1.54, 1.807) is 13.2 Å². The summed E-state index contributed by atoms with van der Waals surface area (Å²) in [7, 11) is 1.54. The second-order valence-corrected chi connectivity index (χ2v) is 9.18. The minimum atomic E-state index is -0.198. The molecular weight excluding hydrogens is 424 g/mol. The first kappa shape index (κ1) is 22.5. The van der Waals surface area contributed by atoms with Gasteiger partial charge in [0.05, 0.1) is 31.0 Å². The normalized spacial score (nSPS) is 16.9. The molecule has 1 atom stereocenters. The van der Waals surface area contributed by atoms with Crippen molar-refractivity contribution in [2.24, 2.45) is 5.92 Å². The van der Waals surface area contributed by atoms with Gasteiger partial charge >= 0.3 is 0 Å². The van der Waals surface area contributed by atoms with Gasteiger partial charge in [0, 0.05) is 22.5 Å². The van der Waals surface area contributed by atoms with E-state index in [1.165, 1.54) is 11.3 Å². The van der Waals surface area contributed by atoms with Gasteiger partial charge in [-0.25, -0.2) is 4.98 Å². The number of benzene rings is 1. The van der Waals surface area contributed by atoms with Crippen LogP contribution < -0.4 is 15.4 Å². The number of hydrogen-bond donors (Lipinski definition) is 2. The molecule has 0 saturated carbocycles. The number of aryl methyl sites for hydroxylation is 3. The fraction of sp³-hybridized carbons (Fsp3) is 0.476. The van der Waals surface area contributed by atoms with Crippen LogP contribution in [-0.4, -0.2) is 48.4 Å². The zero-order valence-electron chi connectivity index (χ0n) is 17.7. The number of amides is 2. The van der Waals surface area contributed by atoms with Crippen LogP contribution in [-0.2, 0) is 9.59 Å². The van der Waals surface area contributed by atoms with Gasteiger partial charge in [-0.1, -0.05) is 11.6 Å². The van der Waals surface area contributed by atoms with Crippen LogP contribution in [0.4, 0.5) is 10.8 Å². The maximum absolute atomic E-state index is 12.9. The molecule has 30 heavy (non-hydrogen) atoms. The molecule has 0 aliphatic carbocycles. The van der Waals surface area contributed by atoms with E-state index in [4.69, 9.17) is 16.3 Å². The number of likely N-dealkylation sites (tertiary alicyclic amines) is 1. The number of halogens is 1.